The number of hydrogen-bond donors (Lipinski definition) is 1. The summed E-state index contributed by atoms with van der Waals surface area (Å²) in [6.45, 7) is 4.73. The highest BCUT2D eigenvalue weighted by atomic mass is 16.3. The van der Waals surface area contributed by atoms with E-state index in [2.05, 4.69) is 20.2 Å². The quantitative estimate of drug-likeness (QED) is 0.434. The van der Waals surface area contributed by atoms with Gasteiger partial charge in [-0.25, -0.2) is 4.98 Å². The summed E-state index contributed by atoms with van der Waals surface area (Å²) in [5.74, 6) is 0.295. The molecule has 0 bridgehead atoms. The molecule has 2 aromatic heterocycles. The minimum Gasteiger partial charge on any atom is -0.434 e. The number of nitrogens with zero attached hydrogens (tertiary/aromatic N) is 4. The standard InChI is InChI=1S/C24H25N5O2.C2H6/c1-28(2)15-19-11-12-21-22(25-19)27-24(31-21)17-8-5-9-18(13-17)26-23(30)16-7-6-10-20(14-16)29(3)4;1-2/h5-14H,15H2,1-4H3,(H,26,30);1-2H3. The van der Waals surface area contributed by atoms with Gasteiger partial charge in [0.1, 0.15) is 0 Å². The predicted octanol–water partition coefficient (Wildman–Crippen LogP) is 5.30. The third-order valence-electron chi connectivity index (χ3n) is 4.78. The van der Waals surface area contributed by atoms with Crippen LogP contribution < -0.4 is 10.2 Å². The van der Waals surface area contributed by atoms with Crippen molar-refractivity contribution in [2.24, 2.45) is 0 Å². The molecule has 0 aliphatic rings. The van der Waals surface area contributed by atoms with E-state index in [4.69, 9.17) is 4.42 Å². The van der Waals surface area contributed by atoms with E-state index in [1.54, 1.807) is 6.07 Å². The molecule has 0 unspecified atom stereocenters. The predicted molar refractivity (Wildman–Crippen MR) is 135 cm³/mol. The first kappa shape index (κ1) is 23.9. The van der Waals surface area contributed by atoms with Gasteiger partial charge < -0.3 is 19.5 Å². The summed E-state index contributed by atoms with van der Waals surface area (Å²) in [5, 5.41) is 2.95. The van der Waals surface area contributed by atoms with Crippen LogP contribution in [-0.4, -0.2) is 49.0 Å². The molecule has 2 aromatic carbocycles. The number of fused-ring (bicyclic) bond motifs is 1. The maximum Gasteiger partial charge on any atom is 0.255 e. The topological polar surface area (TPSA) is 74.5 Å². The highest BCUT2D eigenvalue weighted by Gasteiger charge is 2.13. The Kier molecular flexibility index (Phi) is 7.79. The van der Waals surface area contributed by atoms with E-state index < -0.39 is 0 Å². The van der Waals surface area contributed by atoms with Gasteiger partial charge in [0.25, 0.3) is 5.91 Å². The number of aromatic nitrogens is 2. The fraction of sp³-hybridized carbons (Fsp3) is 0.269. The number of oxazole rings is 1. The lowest BCUT2D eigenvalue weighted by Gasteiger charge is -2.13. The average Bonchev–Trinajstić information content (AvgIpc) is 3.24. The molecule has 0 spiro atoms. The summed E-state index contributed by atoms with van der Waals surface area (Å²) in [5.41, 5.74) is 5.13. The Hall–Kier alpha value is -3.71. The second-order valence-electron chi connectivity index (χ2n) is 7.86. The van der Waals surface area contributed by atoms with Crippen LogP contribution >= 0.6 is 0 Å². The molecule has 0 fully saturated rings. The lowest BCUT2D eigenvalue weighted by Crippen LogP contribution is -2.14. The Morgan fingerprint density at radius 1 is 0.939 bits per heavy atom. The summed E-state index contributed by atoms with van der Waals surface area (Å²) in [6.07, 6.45) is 0. The summed E-state index contributed by atoms with van der Waals surface area (Å²) in [7, 11) is 7.88. The Morgan fingerprint density at radius 2 is 1.70 bits per heavy atom. The lowest BCUT2D eigenvalue weighted by molar-refractivity contribution is 0.102. The van der Waals surface area contributed by atoms with Gasteiger partial charge in [0.05, 0.1) is 5.69 Å². The number of benzene rings is 2. The largest absolute Gasteiger partial charge is 0.434 e. The molecular formula is C26H31N5O2. The van der Waals surface area contributed by atoms with Crippen LogP contribution in [0.3, 0.4) is 0 Å². The SMILES string of the molecule is CC.CN(C)Cc1ccc2oc(-c3cccc(NC(=O)c4cccc(N(C)C)c4)c3)nc2n1. The third kappa shape index (κ3) is 5.96. The highest BCUT2D eigenvalue weighted by Crippen LogP contribution is 2.26. The number of anilines is 2. The third-order valence-corrected chi connectivity index (χ3v) is 4.78. The number of carbonyl (C=O) groups excluding carboxylic acids is 1. The number of carbonyl (C=O) groups is 1. The van der Waals surface area contributed by atoms with Gasteiger partial charge in [0, 0.05) is 43.1 Å². The van der Waals surface area contributed by atoms with Crippen molar-refractivity contribution >= 4 is 28.5 Å². The lowest BCUT2D eigenvalue weighted by atomic mass is 10.1. The van der Waals surface area contributed by atoms with E-state index in [0.29, 0.717) is 28.4 Å². The van der Waals surface area contributed by atoms with Gasteiger partial charge >= 0.3 is 0 Å². The molecule has 0 saturated carbocycles. The first-order valence-electron chi connectivity index (χ1n) is 11.0. The summed E-state index contributed by atoms with van der Waals surface area (Å²) >= 11 is 0. The molecule has 1 amide bonds. The first-order chi connectivity index (χ1) is 15.9. The Morgan fingerprint density at radius 3 is 2.42 bits per heavy atom. The molecule has 2 heterocycles. The molecule has 1 N–H and O–H groups in total. The van der Waals surface area contributed by atoms with Crippen molar-refractivity contribution in [1.82, 2.24) is 14.9 Å². The molecule has 33 heavy (non-hydrogen) atoms. The molecule has 172 valence electrons. The zero-order chi connectivity index (χ0) is 24.0. The van der Waals surface area contributed by atoms with Gasteiger partial charge in [-0.2, -0.15) is 4.98 Å². The Bertz CT molecular complexity index is 1230. The minimum absolute atomic E-state index is 0.173. The van der Waals surface area contributed by atoms with Gasteiger partial charge in [0.15, 0.2) is 11.2 Å². The fourth-order valence-corrected chi connectivity index (χ4v) is 3.25. The molecule has 4 rings (SSSR count). The normalized spacial score (nSPS) is 10.6. The van der Waals surface area contributed by atoms with E-state index in [1.165, 1.54) is 0 Å². The van der Waals surface area contributed by atoms with E-state index in [0.717, 1.165) is 23.5 Å². The molecule has 0 radical (unpaired) electrons. The zero-order valence-corrected chi connectivity index (χ0v) is 20.1. The maximum absolute atomic E-state index is 12.7. The van der Waals surface area contributed by atoms with Gasteiger partial charge in [-0.15, -0.1) is 0 Å². The van der Waals surface area contributed by atoms with Gasteiger partial charge in [-0.1, -0.05) is 26.0 Å². The van der Waals surface area contributed by atoms with Gasteiger partial charge in [-0.3, -0.25) is 4.79 Å². The molecular weight excluding hydrogens is 414 g/mol. The van der Waals surface area contributed by atoms with Crippen LogP contribution in [0.4, 0.5) is 11.4 Å². The molecule has 0 atom stereocenters. The second-order valence-corrected chi connectivity index (χ2v) is 7.86. The van der Waals surface area contributed by atoms with Crippen LogP contribution in [0.2, 0.25) is 0 Å². The second kappa shape index (κ2) is 10.7. The molecule has 7 heteroatoms. The molecule has 4 aromatic rings. The van der Waals surface area contributed by atoms with Crippen molar-refractivity contribution in [3.63, 3.8) is 0 Å². The van der Waals surface area contributed by atoms with Gasteiger partial charge in [-0.05, 0) is 62.6 Å². The van der Waals surface area contributed by atoms with Gasteiger partial charge in [0.2, 0.25) is 5.89 Å². The monoisotopic (exact) mass is 445 g/mol. The molecule has 0 aliphatic carbocycles. The fourth-order valence-electron chi connectivity index (χ4n) is 3.25. The van der Waals surface area contributed by atoms with Crippen molar-refractivity contribution in [2.45, 2.75) is 20.4 Å². The van der Waals surface area contributed by atoms with Crippen molar-refractivity contribution in [2.75, 3.05) is 38.4 Å². The van der Waals surface area contributed by atoms with E-state index >= 15 is 0 Å². The van der Waals surface area contributed by atoms with Crippen LogP contribution in [0, 0.1) is 0 Å². The molecule has 0 aliphatic heterocycles. The number of pyridine rings is 1. The van der Waals surface area contributed by atoms with Crippen LogP contribution in [0.15, 0.2) is 65.1 Å². The van der Waals surface area contributed by atoms with Crippen molar-refractivity contribution in [3.05, 3.63) is 71.9 Å². The van der Waals surface area contributed by atoms with E-state index in [1.807, 2.05) is 102 Å². The highest BCUT2D eigenvalue weighted by molar-refractivity contribution is 6.05. The minimum atomic E-state index is -0.173. The average molecular weight is 446 g/mol. The zero-order valence-electron chi connectivity index (χ0n) is 20.1. The van der Waals surface area contributed by atoms with E-state index in [-0.39, 0.29) is 5.91 Å². The summed E-state index contributed by atoms with van der Waals surface area (Å²) in [6, 6.07) is 18.8. The number of rotatable bonds is 6. The van der Waals surface area contributed by atoms with Crippen molar-refractivity contribution in [1.29, 1.82) is 0 Å². The number of hydrogen-bond acceptors (Lipinski definition) is 6. The van der Waals surface area contributed by atoms with Crippen molar-refractivity contribution < 1.29 is 9.21 Å². The first-order valence-corrected chi connectivity index (χ1v) is 11.0. The molecule has 0 saturated heterocycles. The Labute approximate surface area is 195 Å². The van der Waals surface area contributed by atoms with Crippen molar-refractivity contribution in [3.8, 4) is 11.5 Å². The van der Waals surface area contributed by atoms with Crippen LogP contribution in [-0.2, 0) is 6.54 Å². The molecule has 7 nitrogen and oxygen atoms in total. The number of nitrogens with one attached hydrogen (secondary N) is 1. The number of amides is 1. The summed E-state index contributed by atoms with van der Waals surface area (Å²) < 4.78 is 5.90. The van der Waals surface area contributed by atoms with Crippen LogP contribution in [0.25, 0.3) is 22.7 Å². The maximum atomic E-state index is 12.7. The smallest absolute Gasteiger partial charge is 0.255 e. The van der Waals surface area contributed by atoms with E-state index in [9.17, 15) is 4.79 Å². The van der Waals surface area contributed by atoms with Crippen LogP contribution in [0.1, 0.15) is 29.9 Å². The summed E-state index contributed by atoms with van der Waals surface area (Å²) in [4.78, 5) is 25.9. The van der Waals surface area contributed by atoms with Crippen LogP contribution in [0.5, 0.6) is 0 Å². The Balaban J connectivity index is 0.00000149.